The zero-order valence-corrected chi connectivity index (χ0v) is 12.6. The van der Waals surface area contributed by atoms with Gasteiger partial charge in [-0.3, -0.25) is 9.59 Å². The van der Waals surface area contributed by atoms with Gasteiger partial charge in [0.15, 0.2) is 5.69 Å². The van der Waals surface area contributed by atoms with Gasteiger partial charge in [0, 0.05) is 13.0 Å². The zero-order valence-electron chi connectivity index (χ0n) is 12.6. The second-order valence-electron chi connectivity index (χ2n) is 5.39. The largest absolute Gasteiger partial charge is 0.481 e. The van der Waals surface area contributed by atoms with E-state index in [2.05, 4.69) is 10.5 Å². The maximum atomic E-state index is 13.0. The van der Waals surface area contributed by atoms with Gasteiger partial charge in [0.1, 0.15) is 11.6 Å². The molecule has 24 heavy (non-hydrogen) atoms. The highest BCUT2D eigenvalue weighted by Gasteiger charge is 2.26. The van der Waals surface area contributed by atoms with Crippen LogP contribution in [-0.4, -0.2) is 35.3 Å². The van der Waals surface area contributed by atoms with Crippen molar-refractivity contribution in [1.29, 1.82) is 0 Å². The van der Waals surface area contributed by atoms with Crippen molar-refractivity contribution in [2.24, 2.45) is 0 Å². The first-order valence-corrected chi connectivity index (χ1v) is 7.38. The molecule has 7 nitrogen and oxygen atoms in total. The summed E-state index contributed by atoms with van der Waals surface area (Å²) < 4.78 is 23.4. The number of halogens is 1. The first-order chi connectivity index (χ1) is 11.6. The average molecular weight is 334 g/mol. The Balaban J connectivity index is 1.70. The minimum Gasteiger partial charge on any atom is -0.481 e. The standard InChI is InChI=1S/C16H15FN2O5/c17-10-3-1-9(2-4-10)11(16(21)22)7-18-15(20)14-12-8-23-6-5-13(12)24-19-14/h1-4,11H,5-8H2,(H,18,20)(H,21,22). The molecule has 0 saturated heterocycles. The Morgan fingerprint density at radius 3 is 2.79 bits per heavy atom. The Morgan fingerprint density at radius 2 is 2.08 bits per heavy atom. The summed E-state index contributed by atoms with van der Waals surface area (Å²) in [5.74, 6) is -2.49. The van der Waals surface area contributed by atoms with Crippen molar-refractivity contribution in [3.8, 4) is 0 Å². The molecule has 126 valence electrons. The maximum Gasteiger partial charge on any atom is 0.312 e. The maximum absolute atomic E-state index is 13.0. The van der Waals surface area contributed by atoms with Gasteiger partial charge in [-0.1, -0.05) is 17.3 Å². The molecule has 1 aliphatic rings. The van der Waals surface area contributed by atoms with Crippen molar-refractivity contribution in [2.75, 3.05) is 13.2 Å². The number of amides is 1. The van der Waals surface area contributed by atoms with Gasteiger partial charge >= 0.3 is 5.97 Å². The molecule has 2 N–H and O–H groups in total. The zero-order chi connectivity index (χ0) is 17.1. The monoisotopic (exact) mass is 334 g/mol. The van der Waals surface area contributed by atoms with Crippen LogP contribution in [0.3, 0.4) is 0 Å². The lowest BCUT2D eigenvalue weighted by atomic mass is 9.99. The van der Waals surface area contributed by atoms with Crippen molar-refractivity contribution < 1.29 is 28.3 Å². The third-order valence-corrected chi connectivity index (χ3v) is 3.84. The summed E-state index contributed by atoms with van der Waals surface area (Å²) in [7, 11) is 0. The number of carboxylic acid groups (broad SMARTS) is 1. The van der Waals surface area contributed by atoms with Gasteiger partial charge in [0.2, 0.25) is 0 Å². The van der Waals surface area contributed by atoms with E-state index in [1.165, 1.54) is 24.3 Å². The van der Waals surface area contributed by atoms with Crippen molar-refractivity contribution in [3.63, 3.8) is 0 Å². The summed E-state index contributed by atoms with van der Waals surface area (Å²) in [6.07, 6.45) is 0.545. The fourth-order valence-electron chi connectivity index (χ4n) is 2.53. The first-order valence-electron chi connectivity index (χ1n) is 7.38. The molecule has 8 heteroatoms. The molecule has 0 radical (unpaired) electrons. The summed E-state index contributed by atoms with van der Waals surface area (Å²) in [5.41, 5.74) is 1.09. The summed E-state index contributed by atoms with van der Waals surface area (Å²) in [6.45, 7) is 0.596. The number of benzene rings is 1. The molecule has 1 aromatic heterocycles. The van der Waals surface area contributed by atoms with Crippen molar-refractivity contribution >= 4 is 11.9 Å². The van der Waals surface area contributed by atoms with E-state index >= 15 is 0 Å². The lowest BCUT2D eigenvalue weighted by molar-refractivity contribution is -0.138. The second kappa shape index (κ2) is 6.79. The Bertz CT molecular complexity index is 756. The van der Waals surface area contributed by atoms with E-state index in [4.69, 9.17) is 9.26 Å². The van der Waals surface area contributed by atoms with E-state index in [-0.39, 0.29) is 18.8 Å². The van der Waals surface area contributed by atoms with Crippen LogP contribution in [0.15, 0.2) is 28.8 Å². The number of fused-ring (bicyclic) bond motifs is 1. The Hall–Kier alpha value is -2.74. The quantitative estimate of drug-likeness (QED) is 0.859. The highest BCUT2D eigenvalue weighted by atomic mass is 19.1. The molecule has 3 rings (SSSR count). The number of hydrogen-bond donors (Lipinski definition) is 2. The fourth-order valence-corrected chi connectivity index (χ4v) is 2.53. The molecule has 1 aliphatic heterocycles. The van der Waals surface area contributed by atoms with E-state index < -0.39 is 23.6 Å². The Morgan fingerprint density at radius 1 is 1.33 bits per heavy atom. The number of ether oxygens (including phenoxy) is 1. The fraction of sp³-hybridized carbons (Fsp3) is 0.312. The number of aromatic nitrogens is 1. The number of hydrogen-bond acceptors (Lipinski definition) is 5. The van der Waals surface area contributed by atoms with Crippen LogP contribution in [0.25, 0.3) is 0 Å². The van der Waals surface area contributed by atoms with Gasteiger partial charge < -0.3 is 19.7 Å². The molecule has 1 amide bonds. The molecule has 0 saturated carbocycles. The van der Waals surface area contributed by atoms with Gasteiger partial charge in [-0.15, -0.1) is 0 Å². The molecule has 2 aromatic rings. The molecule has 0 aliphatic carbocycles. The molecule has 1 aromatic carbocycles. The highest BCUT2D eigenvalue weighted by molar-refractivity contribution is 5.94. The average Bonchev–Trinajstić information content (AvgIpc) is 3.00. The smallest absolute Gasteiger partial charge is 0.312 e. The Kier molecular flexibility index (Phi) is 4.57. The highest BCUT2D eigenvalue weighted by Crippen LogP contribution is 2.21. The van der Waals surface area contributed by atoms with Gasteiger partial charge in [0.25, 0.3) is 5.91 Å². The van der Waals surface area contributed by atoms with Crippen LogP contribution in [-0.2, 0) is 22.6 Å². The molecule has 2 heterocycles. The topological polar surface area (TPSA) is 102 Å². The third-order valence-electron chi connectivity index (χ3n) is 3.84. The SMILES string of the molecule is O=C(NCC(C(=O)O)c1ccc(F)cc1)c1noc2c1COCC2. The minimum atomic E-state index is -1.12. The predicted molar refractivity (Wildman–Crippen MR) is 79.0 cm³/mol. The molecular formula is C16H15FN2O5. The van der Waals surface area contributed by atoms with Crippen LogP contribution < -0.4 is 5.32 Å². The minimum absolute atomic E-state index is 0.105. The molecule has 0 fully saturated rings. The molecule has 0 spiro atoms. The van der Waals surface area contributed by atoms with Crippen LogP contribution >= 0.6 is 0 Å². The number of nitrogens with zero attached hydrogens (tertiary/aromatic N) is 1. The number of carbonyl (C=O) groups is 2. The lowest BCUT2D eigenvalue weighted by Crippen LogP contribution is -2.32. The van der Waals surface area contributed by atoms with Crippen LogP contribution in [0.4, 0.5) is 4.39 Å². The Labute approximate surface area is 136 Å². The van der Waals surface area contributed by atoms with Crippen LogP contribution in [0.5, 0.6) is 0 Å². The van der Waals surface area contributed by atoms with E-state index in [1.807, 2.05) is 0 Å². The van der Waals surface area contributed by atoms with Gasteiger partial charge in [0.05, 0.1) is 24.7 Å². The van der Waals surface area contributed by atoms with Crippen LogP contribution in [0.2, 0.25) is 0 Å². The number of carboxylic acids is 1. The van der Waals surface area contributed by atoms with Gasteiger partial charge in [-0.2, -0.15) is 0 Å². The molecule has 1 unspecified atom stereocenters. The third kappa shape index (κ3) is 3.28. The summed E-state index contributed by atoms with van der Waals surface area (Å²) in [4.78, 5) is 23.7. The summed E-state index contributed by atoms with van der Waals surface area (Å²) in [5, 5.41) is 15.6. The van der Waals surface area contributed by atoms with Crippen molar-refractivity contribution in [1.82, 2.24) is 10.5 Å². The second-order valence-corrected chi connectivity index (χ2v) is 5.39. The van der Waals surface area contributed by atoms with Crippen molar-refractivity contribution in [2.45, 2.75) is 18.9 Å². The number of rotatable bonds is 5. The number of nitrogens with one attached hydrogen (secondary N) is 1. The molecule has 1 atom stereocenters. The van der Waals surface area contributed by atoms with Gasteiger partial charge in [-0.05, 0) is 17.7 Å². The van der Waals surface area contributed by atoms with E-state index in [0.29, 0.717) is 29.9 Å². The number of aliphatic carboxylic acids is 1. The number of carbonyl (C=O) groups excluding carboxylic acids is 1. The van der Waals surface area contributed by atoms with Crippen molar-refractivity contribution in [3.05, 3.63) is 52.7 Å². The lowest BCUT2D eigenvalue weighted by Gasteiger charge is -2.14. The van der Waals surface area contributed by atoms with Gasteiger partial charge in [-0.25, -0.2) is 4.39 Å². The molecular weight excluding hydrogens is 319 g/mol. The summed E-state index contributed by atoms with van der Waals surface area (Å²) >= 11 is 0. The van der Waals surface area contributed by atoms with Crippen LogP contribution in [0.1, 0.15) is 33.3 Å². The summed E-state index contributed by atoms with van der Waals surface area (Å²) in [6, 6.07) is 5.12. The predicted octanol–water partition coefficient (Wildman–Crippen LogP) is 1.48. The molecule has 0 bridgehead atoms. The van der Waals surface area contributed by atoms with Crippen LogP contribution in [0, 0.1) is 5.82 Å². The first kappa shape index (κ1) is 16.1. The van der Waals surface area contributed by atoms with E-state index in [1.54, 1.807) is 0 Å². The van der Waals surface area contributed by atoms with E-state index in [0.717, 1.165) is 0 Å². The normalized spacial score (nSPS) is 14.7. The van der Waals surface area contributed by atoms with E-state index in [9.17, 15) is 19.1 Å².